The molecule has 39 heteroatoms. The maximum absolute atomic E-state index is 13.6. The van der Waals surface area contributed by atoms with Gasteiger partial charge in [-0.2, -0.15) is 8.78 Å². The molecule has 7 aromatic rings. The monoisotopic (exact) mass is 1770 g/mol. The zero-order chi connectivity index (χ0) is 77.4. The number of aryl methyl sites for hydroxylation is 2. The van der Waals surface area contributed by atoms with Crippen molar-refractivity contribution in [3.05, 3.63) is 182 Å². The largest absolute Gasteiger partial charge is 0.496 e. The van der Waals surface area contributed by atoms with Crippen LogP contribution in [-0.2, 0) is 61.2 Å². The molecule has 1 saturated heterocycles. The van der Waals surface area contributed by atoms with Crippen LogP contribution in [0.1, 0.15) is 115 Å². The van der Waals surface area contributed by atoms with Crippen LogP contribution >= 0.6 is 96.7 Å². The van der Waals surface area contributed by atoms with Crippen LogP contribution in [0.4, 0.5) is 8.78 Å². The summed E-state index contributed by atoms with van der Waals surface area (Å²) in [7, 11) is 18.6. The van der Waals surface area contributed by atoms with Gasteiger partial charge < -0.3 is 58.0 Å². The van der Waals surface area contributed by atoms with E-state index in [1.165, 1.54) is 79.6 Å². The second-order valence-electron chi connectivity index (χ2n) is 20.9. The van der Waals surface area contributed by atoms with E-state index in [9.17, 15) is 51.9 Å². The first kappa shape index (κ1) is 97.8. The number of halogens is 9. The Labute approximate surface area is 646 Å². The fourth-order valence-corrected chi connectivity index (χ4v) is 8.91. The number of hydrogen-bond donors (Lipinski definition) is 2. The average molecular weight is 1780 g/mol. The van der Waals surface area contributed by atoms with E-state index in [2.05, 4.69) is 120 Å². The normalized spacial score (nSPS) is 11.9. The molecule has 1 aliphatic rings. The number of Topliss-reactive ketones (excluding diaryl/α,β-unsaturated/α-hetero) is 1. The summed E-state index contributed by atoms with van der Waals surface area (Å²) in [5.41, 5.74) is 3.79. The number of carboxylic acid groups (broad SMARTS) is 1. The molecule has 0 unspecified atom stereocenters. The van der Waals surface area contributed by atoms with Crippen molar-refractivity contribution in [3.63, 3.8) is 0 Å². The highest BCUT2D eigenvalue weighted by molar-refractivity contribution is 9.11. The lowest BCUT2D eigenvalue weighted by Crippen LogP contribution is -2.41. The molecule has 1 fully saturated rings. The molecule has 0 spiro atoms. The van der Waals surface area contributed by atoms with Gasteiger partial charge in [0.2, 0.25) is 37.8 Å². The number of hydrogen-bond acceptors (Lipinski definition) is 24. The number of ketones is 1. The minimum Gasteiger partial charge on any atom is -0.478 e. The smallest absolute Gasteiger partial charge is 0.478 e. The number of aromatic nitrogens is 7. The number of aromatic carboxylic acids is 1. The average Bonchev–Trinajstić information content (AvgIpc) is 1.72. The number of pyridine rings is 7. The van der Waals surface area contributed by atoms with E-state index in [-0.39, 0.29) is 80.4 Å². The van der Waals surface area contributed by atoms with E-state index in [1.54, 1.807) is 101 Å². The van der Waals surface area contributed by atoms with Gasteiger partial charge >= 0.3 is 37.0 Å². The maximum atomic E-state index is 13.6. The molecule has 3 N–H and O–H groups in total. The second kappa shape index (κ2) is 48.0. The van der Waals surface area contributed by atoms with Crippen molar-refractivity contribution in [2.75, 3.05) is 61.7 Å². The first-order valence-electron chi connectivity index (χ1n) is 29.1. The molecule has 1 aliphatic heterocycles. The van der Waals surface area contributed by atoms with Crippen LogP contribution in [0.3, 0.4) is 0 Å². The summed E-state index contributed by atoms with van der Waals surface area (Å²) >= 11 is 17.5. The number of ether oxygens (including phenoxy) is 4. The van der Waals surface area contributed by atoms with Crippen LogP contribution in [0, 0.1) is 11.9 Å². The molecular weight excluding hydrogens is 1700 g/mol. The Morgan fingerprint density at radius 1 is 0.641 bits per heavy atom. The van der Waals surface area contributed by atoms with Crippen molar-refractivity contribution < 1.29 is 79.9 Å². The van der Waals surface area contributed by atoms with Crippen LogP contribution in [0.2, 0.25) is 0 Å². The lowest BCUT2D eigenvalue weighted by atomic mass is 9.80. The summed E-state index contributed by atoms with van der Waals surface area (Å²) in [5, 5.41) is 8.31. The number of rotatable bonds is 15. The topological polar surface area (TPSA) is 353 Å². The molecular formula is C64H76B2Br4Cl3F2N10O17S. The number of carboxylic acids is 1. The van der Waals surface area contributed by atoms with E-state index < -0.39 is 79.8 Å². The fraction of sp³-hybridized carbons (Fsp3) is 0.344. The molecule has 8 heterocycles. The minimum absolute atomic E-state index is 0. The van der Waals surface area contributed by atoms with Gasteiger partial charge in [0.1, 0.15) is 28.0 Å². The standard InChI is InChI=1S/C18H23BN2O5.C13H14BrFN2O3.C12H11BrN2O3.C7H13NO2.C6H2BrClFNO.C6H4BrNO2.CH5N.CH4.B.Cl2OS/c1-7-24-16(23)13-10-21(6)15-12(14(13)22)8-11(9-20-15)19-25-17(2,3)18(4,5)26-19;1-4-20-13(19)10(7-17(2)3)11(18)9-5-8(14)6-16-12(9)15;1-3-18-12(17)9-6-15(2)11-8(10(9)16)4-7(13)5-14-11;1-4-10-7(9)5-6-8(2)3;7-3-1-4(5(8)11)6(9)10-2-3;7-5-1-4(6(9)10)2-8-3-5;1-2;;;1-4(2)3/h8-10H,7H2,1-6H3;5-7H,4H2,1-3H3;4-6H,3H2,1-2H3;5-6H,4H2,1-3H3;1-2H;1-3H,(H,9,10);2H2,1H3;1H4;;/b;10-7-;;6-5+;;;;;;. The number of fused-ring (bicyclic) bond motifs is 2. The molecule has 0 amide bonds. The van der Waals surface area contributed by atoms with Crippen LogP contribution < -0.4 is 22.1 Å². The van der Waals surface area contributed by atoms with Crippen molar-refractivity contribution >= 4 is 190 Å². The highest BCUT2D eigenvalue weighted by atomic mass is 79.9. The van der Waals surface area contributed by atoms with Gasteiger partial charge in [0.25, 0.3) is 5.24 Å². The van der Waals surface area contributed by atoms with E-state index >= 15 is 0 Å². The Kier molecular flexibility index (Phi) is 45.6. The van der Waals surface area contributed by atoms with Gasteiger partial charge in [0, 0.05) is 163 Å². The summed E-state index contributed by atoms with van der Waals surface area (Å²) in [5.74, 6) is -5.88. The van der Waals surface area contributed by atoms with E-state index in [0.29, 0.717) is 52.0 Å². The number of esters is 4. The van der Waals surface area contributed by atoms with Crippen LogP contribution in [0.5, 0.6) is 0 Å². The zero-order valence-electron chi connectivity index (χ0n) is 57.6. The van der Waals surface area contributed by atoms with Crippen LogP contribution in [-0.4, -0.2) is 182 Å². The van der Waals surface area contributed by atoms with Gasteiger partial charge in [-0.05, 0) is 168 Å². The SMILES string of the molecule is C.CCOC(=O)/C(=C\N(C)C)C(=O)c1cc(Br)cnc1F.CCOC(=O)/C=C/N(C)C.CCOC(=O)c1cn(C)c2ncc(B3OC(C)(C)C(C)(C)O3)cc2c1=O.CCOC(=O)c1cn(C)c2ncc(Br)cc2c1=O.CN.O=C(Cl)c1cc(Br)cnc1F.O=C(O)c1cncc(Br)c1.O=S(Cl)Cl.[B]. The molecule has 8 rings (SSSR count). The van der Waals surface area contributed by atoms with Crippen molar-refractivity contribution in [2.24, 2.45) is 19.8 Å². The summed E-state index contributed by atoms with van der Waals surface area (Å²) in [4.78, 5) is 126. The van der Waals surface area contributed by atoms with E-state index in [4.69, 9.17) is 44.4 Å². The summed E-state index contributed by atoms with van der Waals surface area (Å²) in [6.07, 6.45) is 15.8. The van der Waals surface area contributed by atoms with Gasteiger partial charge in [-0.1, -0.05) is 7.43 Å². The fourth-order valence-electron chi connectivity index (χ4n) is 7.42. The molecule has 103 heavy (non-hydrogen) atoms. The Bertz CT molecular complexity index is 4260. The molecule has 7 aromatic heterocycles. The van der Waals surface area contributed by atoms with Gasteiger partial charge in [-0.15, -0.1) is 0 Å². The summed E-state index contributed by atoms with van der Waals surface area (Å²) in [6, 6.07) is 7.36. The van der Waals surface area contributed by atoms with Gasteiger partial charge in [-0.25, -0.2) is 48.1 Å². The predicted octanol–water partition coefficient (Wildman–Crippen LogP) is 10.9. The lowest BCUT2D eigenvalue weighted by Gasteiger charge is -2.32. The molecule has 0 aliphatic carbocycles. The Hall–Kier alpha value is -7.25. The third-order valence-corrected chi connectivity index (χ3v) is 14.4. The first-order valence-corrected chi connectivity index (χ1v) is 35.5. The molecule has 559 valence electrons. The van der Waals surface area contributed by atoms with Gasteiger partial charge in [0.05, 0.1) is 65.1 Å². The van der Waals surface area contributed by atoms with Crippen molar-refractivity contribution in [1.82, 2.24) is 43.9 Å². The Morgan fingerprint density at radius 3 is 1.45 bits per heavy atom. The molecule has 0 saturated carbocycles. The maximum Gasteiger partial charge on any atom is 0.496 e. The molecule has 0 aromatic carbocycles. The number of nitrogens with zero attached hydrogens (tertiary/aromatic N) is 9. The predicted molar refractivity (Wildman–Crippen MR) is 407 cm³/mol. The van der Waals surface area contributed by atoms with E-state index in [1.807, 2.05) is 41.8 Å². The Morgan fingerprint density at radius 2 is 1.05 bits per heavy atom. The number of nitrogens with two attached hydrogens (primary N) is 1. The molecule has 27 nitrogen and oxygen atoms in total. The highest BCUT2D eigenvalue weighted by Crippen LogP contribution is 2.36. The van der Waals surface area contributed by atoms with Crippen molar-refractivity contribution in [3.8, 4) is 0 Å². The van der Waals surface area contributed by atoms with Gasteiger partial charge in [-0.3, -0.25) is 24.2 Å². The molecule has 0 bridgehead atoms. The molecule has 3 radical (unpaired) electrons. The zero-order valence-corrected chi connectivity index (χ0v) is 67.0. The minimum atomic E-state index is -1.67. The van der Waals surface area contributed by atoms with Crippen molar-refractivity contribution in [1.29, 1.82) is 0 Å². The summed E-state index contributed by atoms with van der Waals surface area (Å²) < 4.78 is 72.2. The van der Waals surface area contributed by atoms with Crippen LogP contribution in [0.15, 0.2) is 131 Å². The van der Waals surface area contributed by atoms with Crippen LogP contribution in [0.25, 0.3) is 22.1 Å². The van der Waals surface area contributed by atoms with Gasteiger partial charge in [0.15, 0.2) is 0 Å². The molecule has 0 atom stereocenters. The third-order valence-electron chi connectivity index (χ3n) is 12.5. The third kappa shape index (κ3) is 32.3. The second-order valence-corrected chi connectivity index (χ2v) is 27.4. The number of carbonyl (C=O) groups is 7. The Balaban J connectivity index is 0. The van der Waals surface area contributed by atoms with E-state index in [0.717, 1.165) is 0 Å². The van der Waals surface area contributed by atoms with Crippen molar-refractivity contribution in [2.45, 2.75) is 74.0 Å². The number of carbonyl (C=O) groups excluding carboxylic acids is 6. The lowest BCUT2D eigenvalue weighted by molar-refractivity contribution is -0.138. The first-order chi connectivity index (χ1) is 47.2. The highest BCUT2D eigenvalue weighted by Gasteiger charge is 2.52. The quantitative estimate of drug-likeness (QED) is 0.0111. The summed E-state index contributed by atoms with van der Waals surface area (Å²) in [6.45, 7) is 15.6.